The van der Waals surface area contributed by atoms with Crippen LogP contribution in [0.3, 0.4) is 0 Å². The number of aliphatic hydroxyl groups is 1. The van der Waals surface area contributed by atoms with Crippen LogP contribution >= 0.6 is 0 Å². The average Bonchev–Trinajstić information content (AvgIpc) is 3.00. The van der Waals surface area contributed by atoms with Gasteiger partial charge in [-0.2, -0.15) is 27.8 Å². The molecule has 2 aromatic heterocycles. The number of benzene rings is 1. The summed E-state index contributed by atoms with van der Waals surface area (Å²) in [6.45, 7) is 3.57. The maximum Gasteiger partial charge on any atom is 0.433 e. The Morgan fingerprint density at radius 3 is 2.46 bits per heavy atom. The highest BCUT2D eigenvalue weighted by Crippen LogP contribution is 2.31. The first-order valence-electron chi connectivity index (χ1n) is 7.93. The molecule has 1 aromatic carbocycles. The van der Waals surface area contributed by atoms with E-state index in [0.717, 1.165) is 18.0 Å². The van der Waals surface area contributed by atoms with Crippen molar-refractivity contribution < 1.29 is 18.3 Å². The van der Waals surface area contributed by atoms with Crippen molar-refractivity contribution in [3.8, 4) is 0 Å². The third-order valence-corrected chi connectivity index (χ3v) is 3.64. The van der Waals surface area contributed by atoms with Crippen molar-refractivity contribution in [1.29, 1.82) is 0 Å². The zero-order valence-electron chi connectivity index (χ0n) is 14.3. The highest BCUT2D eigenvalue weighted by atomic mass is 19.4. The Morgan fingerprint density at radius 1 is 1.15 bits per heavy atom. The Labute approximate surface area is 147 Å². The number of halogens is 3. The minimum atomic E-state index is -4.62. The molecule has 0 aliphatic carbocycles. The van der Waals surface area contributed by atoms with Crippen LogP contribution < -0.4 is 4.90 Å². The van der Waals surface area contributed by atoms with Gasteiger partial charge in [0.15, 0.2) is 5.69 Å². The number of nitrogens with zero attached hydrogens (tertiary/aromatic N) is 5. The van der Waals surface area contributed by atoms with Crippen LogP contribution in [0.2, 0.25) is 0 Å². The third kappa shape index (κ3) is 4.10. The number of hydrogen-bond donors (Lipinski definition) is 1. The van der Waals surface area contributed by atoms with Crippen LogP contribution in [0.25, 0.3) is 5.78 Å². The number of aromatic nitrogens is 4. The molecule has 138 valence electrons. The molecule has 0 saturated carbocycles. The molecule has 0 fully saturated rings. The lowest BCUT2D eigenvalue weighted by atomic mass is 10.1. The highest BCUT2D eigenvalue weighted by Gasteiger charge is 2.35. The molecule has 9 heteroatoms. The van der Waals surface area contributed by atoms with Crippen LogP contribution in [0, 0.1) is 0 Å². The molecule has 0 unspecified atom stereocenters. The standard InChI is InChI=1S/C17H18F3N5O/c1-16(2,26)10-24(9-12-6-4-3-5-7-12)14-8-13(17(18,19)20)23-15-21-11-22-25(14)15/h3-8,11,26H,9-10H2,1-2H3. The predicted molar refractivity (Wildman–Crippen MR) is 89.6 cm³/mol. The predicted octanol–water partition coefficient (Wildman–Crippen LogP) is 2.92. The Bertz CT molecular complexity index is 887. The largest absolute Gasteiger partial charge is 0.433 e. The molecule has 3 rings (SSSR count). The molecule has 2 heterocycles. The van der Waals surface area contributed by atoms with Gasteiger partial charge in [-0.25, -0.2) is 4.98 Å². The number of alkyl halides is 3. The van der Waals surface area contributed by atoms with Gasteiger partial charge in [-0.3, -0.25) is 0 Å². The summed E-state index contributed by atoms with van der Waals surface area (Å²) in [5.74, 6) is 0.00874. The number of rotatable bonds is 5. The zero-order valence-corrected chi connectivity index (χ0v) is 14.3. The van der Waals surface area contributed by atoms with Crippen LogP contribution in [0.1, 0.15) is 25.1 Å². The molecule has 3 aromatic rings. The number of anilines is 1. The van der Waals surface area contributed by atoms with Crippen molar-refractivity contribution >= 4 is 11.6 Å². The molecule has 0 bridgehead atoms. The van der Waals surface area contributed by atoms with E-state index in [1.807, 2.05) is 30.3 Å². The van der Waals surface area contributed by atoms with E-state index in [9.17, 15) is 18.3 Å². The van der Waals surface area contributed by atoms with Crippen LogP contribution in [-0.4, -0.2) is 36.8 Å². The summed E-state index contributed by atoms with van der Waals surface area (Å²) in [6, 6.07) is 10.2. The van der Waals surface area contributed by atoms with E-state index in [1.165, 1.54) is 4.52 Å². The summed E-state index contributed by atoms with van der Waals surface area (Å²) in [7, 11) is 0. The molecule has 1 N–H and O–H groups in total. The van der Waals surface area contributed by atoms with E-state index in [-0.39, 0.29) is 18.1 Å². The second-order valence-corrected chi connectivity index (χ2v) is 6.62. The van der Waals surface area contributed by atoms with Crippen molar-refractivity contribution in [2.24, 2.45) is 0 Å². The smallest absolute Gasteiger partial charge is 0.389 e. The van der Waals surface area contributed by atoms with Gasteiger partial charge in [0.25, 0.3) is 5.78 Å². The lowest BCUT2D eigenvalue weighted by molar-refractivity contribution is -0.141. The Balaban J connectivity index is 2.11. The highest BCUT2D eigenvalue weighted by molar-refractivity contribution is 5.48. The minimum Gasteiger partial charge on any atom is -0.389 e. The fraction of sp³-hybridized carbons (Fsp3) is 0.353. The Kier molecular flexibility index (Phi) is 4.57. The van der Waals surface area contributed by atoms with Crippen molar-refractivity contribution in [3.05, 3.63) is 54.0 Å². The Hall–Kier alpha value is -2.68. The second kappa shape index (κ2) is 6.56. The van der Waals surface area contributed by atoms with E-state index in [1.54, 1.807) is 18.7 Å². The van der Waals surface area contributed by atoms with Gasteiger partial charge in [0.1, 0.15) is 12.1 Å². The molecule has 6 nitrogen and oxygen atoms in total. The van der Waals surface area contributed by atoms with Gasteiger partial charge in [0, 0.05) is 19.2 Å². The fourth-order valence-electron chi connectivity index (χ4n) is 2.66. The van der Waals surface area contributed by atoms with E-state index >= 15 is 0 Å². The Morgan fingerprint density at radius 2 is 1.85 bits per heavy atom. The second-order valence-electron chi connectivity index (χ2n) is 6.62. The normalized spacial score (nSPS) is 12.5. The number of fused-ring (bicyclic) bond motifs is 1. The first-order valence-corrected chi connectivity index (χ1v) is 7.93. The summed E-state index contributed by atoms with van der Waals surface area (Å²) in [6.07, 6.45) is -3.47. The lowest BCUT2D eigenvalue weighted by Crippen LogP contribution is -2.39. The molecule has 0 aliphatic heterocycles. The van der Waals surface area contributed by atoms with Crippen molar-refractivity contribution in [2.45, 2.75) is 32.2 Å². The van der Waals surface area contributed by atoms with Gasteiger partial charge in [-0.15, -0.1) is 0 Å². The van der Waals surface area contributed by atoms with Crippen LogP contribution in [0.5, 0.6) is 0 Å². The summed E-state index contributed by atoms with van der Waals surface area (Å²) < 4.78 is 41.0. The van der Waals surface area contributed by atoms with E-state index in [2.05, 4.69) is 15.1 Å². The molecule has 0 spiro atoms. The molecule has 0 radical (unpaired) electrons. The maximum absolute atomic E-state index is 13.2. The molecule has 0 aliphatic rings. The monoisotopic (exact) mass is 365 g/mol. The fourth-order valence-corrected chi connectivity index (χ4v) is 2.66. The van der Waals surface area contributed by atoms with E-state index in [4.69, 9.17) is 0 Å². The lowest BCUT2D eigenvalue weighted by Gasteiger charge is -2.31. The van der Waals surface area contributed by atoms with Gasteiger partial charge in [-0.1, -0.05) is 30.3 Å². The van der Waals surface area contributed by atoms with Gasteiger partial charge >= 0.3 is 6.18 Å². The molecule has 0 amide bonds. The van der Waals surface area contributed by atoms with Crippen molar-refractivity contribution in [3.63, 3.8) is 0 Å². The van der Waals surface area contributed by atoms with Crippen LogP contribution in [0.4, 0.5) is 19.0 Å². The van der Waals surface area contributed by atoms with Crippen molar-refractivity contribution in [2.75, 3.05) is 11.4 Å². The average molecular weight is 365 g/mol. The molecule has 0 atom stereocenters. The van der Waals surface area contributed by atoms with Crippen molar-refractivity contribution in [1.82, 2.24) is 19.6 Å². The summed E-state index contributed by atoms with van der Waals surface area (Å²) in [4.78, 5) is 8.95. The molecule has 0 saturated heterocycles. The summed E-state index contributed by atoms with van der Waals surface area (Å²) in [5.41, 5.74) is -1.30. The quantitative estimate of drug-likeness (QED) is 0.753. The first-order chi connectivity index (χ1) is 12.1. The summed E-state index contributed by atoms with van der Waals surface area (Å²) in [5, 5.41) is 14.2. The number of hydrogen-bond acceptors (Lipinski definition) is 5. The van der Waals surface area contributed by atoms with Crippen LogP contribution in [0.15, 0.2) is 42.7 Å². The van der Waals surface area contributed by atoms with Gasteiger partial charge < -0.3 is 10.0 Å². The van der Waals surface area contributed by atoms with Crippen LogP contribution in [-0.2, 0) is 12.7 Å². The molecule has 26 heavy (non-hydrogen) atoms. The zero-order chi connectivity index (χ0) is 18.9. The minimum absolute atomic E-state index is 0.0954. The maximum atomic E-state index is 13.2. The van der Waals surface area contributed by atoms with E-state index in [0.29, 0.717) is 6.54 Å². The summed E-state index contributed by atoms with van der Waals surface area (Å²) >= 11 is 0. The van der Waals surface area contributed by atoms with E-state index < -0.39 is 17.5 Å². The van der Waals surface area contributed by atoms with Gasteiger partial charge in [-0.05, 0) is 19.4 Å². The van der Waals surface area contributed by atoms with Gasteiger partial charge in [0.2, 0.25) is 0 Å². The molecular formula is C17H18F3N5O. The van der Waals surface area contributed by atoms with Gasteiger partial charge in [0.05, 0.1) is 5.60 Å². The molecular weight excluding hydrogens is 347 g/mol. The SMILES string of the molecule is CC(C)(O)CN(Cc1ccccc1)c1cc(C(F)(F)F)nc2ncnn12. The third-order valence-electron chi connectivity index (χ3n) is 3.64. The topological polar surface area (TPSA) is 66.5 Å². The first kappa shape index (κ1) is 18.1.